The summed E-state index contributed by atoms with van der Waals surface area (Å²) in [4.78, 5) is 24.5. The van der Waals surface area contributed by atoms with Gasteiger partial charge in [0.05, 0.1) is 25.4 Å². The predicted molar refractivity (Wildman–Crippen MR) is 296 cm³/mol. The summed E-state index contributed by atoms with van der Waals surface area (Å²) < 4.78 is 5.47. The molecule has 398 valence electrons. The van der Waals surface area contributed by atoms with Gasteiger partial charge in [-0.05, 0) is 89.9 Å². The topological polar surface area (TPSA) is 95.9 Å². The highest BCUT2D eigenvalue weighted by atomic mass is 16.5. The summed E-state index contributed by atoms with van der Waals surface area (Å²) in [6.45, 7) is 4.91. The number of hydrogen-bond donors (Lipinski definition) is 3. The van der Waals surface area contributed by atoms with Gasteiger partial charge in [0.2, 0.25) is 5.91 Å². The molecule has 0 aromatic rings. The summed E-state index contributed by atoms with van der Waals surface area (Å²) in [5.74, 6) is -0.0483. The molecule has 3 N–H and O–H groups in total. The van der Waals surface area contributed by atoms with Crippen LogP contribution >= 0.6 is 0 Å². The molecule has 0 saturated heterocycles. The van der Waals surface area contributed by atoms with Gasteiger partial charge in [-0.3, -0.25) is 9.59 Å². The van der Waals surface area contributed by atoms with E-state index < -0.39 is 12.1 Å². The Balaban J connectivity index is 3.42. The van der Waals surface area contributed by atoms with Crippen LogP contribution < -0.4 is 5.32 Å². The molecule has 0 saturated carbocycles. The van der Waals surface area contributed by atoms with Crippen LogP contribution in [0.25, 0.3) is 0 Å². The van der Waals surface area contributed by atoms with Crippen LogP contribution in [-0.4, -0.2) is 47.4 Å². The van der Waals surface area contributed by atoms with Gasteiger partial charge in [-0.15, -0.1) is 0 Å². The maximum Gasteiger partial charge on any atom is 0.305 e. The number of allylic oxidation sites excluding steroid dienone is 8. The number of nitrogens with one attached hydrogen (secondary N) is 1. The van der Waals surface area contributed by atoms with Gasteiger partial charge in [0, 0.05) is 12.8 Å². The molecule has 6 nitrogen and oxygen atoms in total. The molecule has 2 unspecified atom stereocenters. The van der Waals surface area contributed by atoms with Gasteiger partial charge in [-0.1, -0.05) is 255 Å². The first-order valence-electron chi connectivity index (χ1n) is 29.9. The van der Waals surface area contributed by atoms with Gasteiger partial charge in [-0.25, -0.2) is 0 Å². The van der Waals surface area contributed by atoms with Crippen molar-refractivity contribution < 1.29 is 24.5 Å². The first-order chi connectivity index (χ1) is 33.5. The molecule has 0 radical (unpaired) electrons. The van der Waals surface area contributed by atoms with E-state index in [2.05, 4.69) is 67.8 Å². The van der Waals surface area contributed by atoms with E-state index in [1.165, 1.54) is 218 Å². The monoisotopic (exact) mass is 954 g/mol. The number of carbonyl (C=O) groups excluding carboxylic acids is 2. The van der Waals surface area contributed by atoms with Crippen LogP contribution in [0, 0.1) is 0 Å². The minimum atomic E-state index is -0.667. The van der Waals surface area contributed by atoms with E-state index >= 15 is 0 Å². The Morgan fingerprint density at radius 1 is 0.412 bits per heavy atom. The van der Waals surface area contributed by atoms with Crippen molar-refractivity contribution in [3.63, 3.8) is 0 Å². The van der Waals surface area contributed by atoms with Gasteiger partial charge in [0.25, 0.3) is 0 Å². The molecule has 68 heavy (non-hydrogen) atoms. The van der Waals surface area contributed by atoms with Crippen LogP contribution in [0.2, 0.25) is 0 Å². The fourth-order valence-corrected chi connectivity index (χ4v) is 8.99. The maximum atomic E-state index is 12.4. The Morgan fingerprint density at radius 3 is 1.13 bits per heavy atom. The number of esters is 1. The Kier molecular flexibility index (Phi) is 55.6. The quantitative estimate of drug-likeness (QED) is 0.0321. The molecular formula is C62H115NO5. The summed E-state index contributed by atoms with van der Waals surface area (Å²) in [6, 6.07) is -0.545. The molecule has 2 atom stereocenters. The van der Waals surface area contributed by atoms with E-state index in [-0.39, 0.29) is 18.5 Å². The van der Waals surface area contributed by atoms with Gasteiger partial charge < -0.3 is 20.3 Å². The van der Waals surface area contributed by atoms with E-state index in [9.17, 15) is 19.8 Å². The number of unbranched alkanes of at least 4 members (excludes halogenated alkanes) is 36. The van der Waals surface area contributed by atoms with Crippen LogP contribution in [0.3, 0.4) is 0 Å². The molecule has 6 heteroatoms. The number of ether oxygens (including phenoxy) is 1. The van der Waals surface area contributed by atoms with Crippen molar-refractivity contribution in [1.29, 1.82) is 0 Å². The fraction of sp³-hybridized carbons (Fsp3) is 0.839. The average molecular weight is 955 g/mol. The molecule has 0 spiro atoms. The second-order valence-corrected chi connectivity index (χ2v) is 20.3. The molecule has 0 fully saturated rings. The van der Waals surface area contributed by atoms with Crippen molar-refractivity contribution >= 4 is 11.9 Å². The van der Waals surface area contributed by atoms with Crippen LogP contribution in [-0.2, 0) is 14.3 Å². The van der Waals surface area contributed by atoms with Crippen LogP contribution in [0.15, 0.2) is 48.6 Å². The molecule has 0 bridgehead atoms. The SMILES string of the molecule is CCCCCC/C=C\C/C=C\CCCCCCCC(=O)OCCCCCCCCCCC/C=C\C/C=C\CCCCCCCCCCCC(=O)NC(CO)C(O)CCCCCCCCCCCC. The van der Waals surface area contributed by atoms with Gasteiger partial charge in [0.15, 0.2) is 0 Å². The van der Waals surface area contributed by atoms with E-state index in [1.807, 2.05) is 0 Å². The normalized spacial score (nSPS) is 12.9. The zero-order valence-electron chi connectivity index (χ0n) is 45.3. The molecule has 0 rings (SSSR count). The largest absolute Gasteiger partial charge is 0.466 e. The van der Waals surface area contributed by atoms with Crippen LogP contribution in [0.5, 0.6) is 0 Å². The van der Waals surface area contributed by atoms with Gasteiger partial charge >= 0.3 is 5.97 Å². The van der Waals surface area contributed by atoms with Crippen molar-refractivity contribution in [3.05, 3.63) is 48.6 Å². The minimum absolute atomic E-state index is 0.00498. The average Bonchev–Trinajstić information content (AvgIpc) is 3.34. The Morgan fingerprint density at radius 2 is 0.735 bits per heavy atom. The maximum absolute atomic E-state index is 12.4. The van der Waals surface area contributed by atoms with Crippen molar-refractivity contribution in [2.45, 2.75) is 321 Å². The molecular weight excluding hydrogens is 839 g/mol. The molecule has 0 aliphatic rings. The summed E-state index contributed by atoms with van der Waals surface area (Å²) >= 11 is 0. The lowest BCUT2D eigenvalue weighted by molar-refractivity contribution is -0.143. The number of rotatable bonds is 55. The predicted octanol–water partition coefficient (Wildman–Crippen LogP) is 18.6. The highest BCUT2D eigenvalue weighted by Gasteiger charge is 2.20. The Bertz CT molecular complexity index is 1150. The zero-order chi connectivity index (χ0) is 49.3. The third-order valence-electron chi connectivity index (χ3n) is 13.6. The van der Waals surface area contributed by atoms with Crippen molar-refractivity contribution in [1.82, 2.24) is 5.32 Å². The van der Waals surface area contributed by atoms with Gasteiger partial charge in [0.1, 0.15) is 0 Å². The molecule has 0 heterocycles. The number of aliphatic hydroxyl groups is 2. The summed E-state index contributed by atoms with van der Waals surface area (Å²) in [5.41, 5.74) is 0. The number of amides is 1. The van der Waals surface area contributed by atoms with Crippen LogP contribution in [0.1, 0.15) is 309 Å². The Labute approximate surface area is 423 Å². The first kappa shape index (κ1) is 65.8. The van der Waals surface area contributed by atoms with Crippen LogP contribution in [0.4, 0.5) is 0 Å². The third-order valence-corrected chi connectivity index (χ3v) is 13.6. The summed E-state index contributed by atoms with van der Waals surface area (Å²) in [5, 5.41) is 23.1. The van der Waals surface area contributed by atoms with Gasteiger partial charge in [-0.2, -0.15) is 0 Å². The second kappa shape index (κ2) is 57.4. The highest BCUT2D eigenvalue weighted by Crippen LogP contribution is 2.16. The summed E-state index contributed by atoms with van der Waals surface area (Å²) in [7, 11) is 0. The number of hydrogen-bond acceptors (Lipinski definition) is 5. The fourth-order valence-electron chi connectivity index (χ4n) is 8.99. The number of aliphatic hydroxyl groups excluding tert-OH is 2. The van der Waals surface area contributed by atoms with E-state index in [1.54, 1.807) is 0 Å². The van der Waals surface area contributed by atoms with E-state index in [0.717, 1.165) is 57.8 Å². The Hall–Kier alpha value is -2.18. The zero-order valence-corrected chi connectivity index (χ0v) is 45.3. The minimum Gasteiger partial charge on any atom is -0.466 e. The lowest BCUT2D eigenvalue weighted by Gasteiger charge is -2.22. The second-order valence-electron chi connectivity index (χ2n) is 20.3. The van der Waals surface area contributed by atoms with Crippen molar-refractivity contribution in [2.24, 2.45) is 0 Å². The van der Waals surface area contributed by atoms with Crippen molar-refractivity contribution in [2.75, 3.05) is 13.2 Å². The molecule has 0 aromatic heterocycles. The lowest BCUT2D eigenvalue weighted by Crippen LogP contribution is -2.45. The third kappa shape index (κ3) is 53.2. The van der Waals surface area contributed by atoms with E-state index in [4.69, 9.17) is 4.74 Å². The number of carbonyl (C=O) groups is 2. The molecule has 0 aliphatic carbocycles. The standard InChI is InChI=1S/C62H115NO5/c1-3-5-7-9-11-13-15-16-17-30-33-36-40-44-48-52-56-62(67)68-57-53-49-45-41-37-34-31-28-26-24-22-20-18-19-21-23-25-27-29-32-35-39-43-47-51-55-61(66)63-59(58-64)60(65)54-50-46-42-38-14-12-10-8-6-4-2/h13,15,17,19-22,30,59-60,64-65H,3-12,14,16,18,23-29,31-58H2,1-2H3,(H,63,66)/b15-13-,21-19-,22-20-,30-17-. The van der Waals surface area contributed by atoms with Crippen molar-refractivity contribution in [3.8, 4) is 0 Å². The molecule has 0 aromatic carbocycles. The highest BCUT2D eigenvalue weighted by molar-refractivity contribution is 5.76. The molecule has 1 amide bonds. The molecule has 0 aliphatic heterocycles. The summed E-state index contributed by atoms with van der Waals surface area (Å²) in [6.07, 6.45) is 72.6. The first-order valence-corrected chi connectivity index (χ1v) is 29.9. The van der Waals surface area contributed by atoms with E-state index in [0.29, 0.717) is 25.9 Å². The lowest BCUT2D eigenvalue weighted by atomic mass is 10.0. The smallest absolute Gasteiger partial charge is 0.305 e.